The number of ether oxygens (including phenoxy) is 6. The third-order valence-electron chi connectivity index (χ3n) is 20.9. The predicted molar refractivity (Wildman–Crippen MR) is 347 cm³/mol. The zero-order chi connectivity index (χ0) is 65.2. The van der Waals surface area contributed by atoms with Crippen LogP contribution in [-0.2, 0) is 47.6 Å². The van der Waals surface area contributed by atoms with Gasteiger partial charge >= 0.3 is 23.9 Å². The van der Waals surface area contributed by atoms with E-state index in [0.717, 1.165) is 83.8 Å². The summed E-state index contributed by atoms with van der Waals surface area (Å²) in [4.78, 5) is 70.7. The topological polar surface area (TPSA) is 320 Å². The van der Waals surface area contributed by atoms with Crippen molar-refractivity contribution >= 4 is 29.8 Å². The van der Waals surface area contributed by atoms with Crippen LogP contribution in [0.4, 0.5) is 4.79 Å². The van der Waals surface area contributed by atoms with Gasteiger partial charge in [-0.2, -0.15) is 0 Å². The normalized spacial score (nSPS) is 27.6. The van der Waals surface area contributed by atoms with Gasteiger partial charge in [0, 0.05) is 104 Å². The van der Waals surface area contributed by atoms with E-state index in [1.165, 1.54) is 44.9 Å². The van der Waals surface area contributed by atoms with Crippen LogP contribution in [0.3, 0.4) is 0 Å². The molecule has 1 unspecified atom stereocenters. The number of unbranched alkanes of at least 4 members (excludes halogenated alkanes) is 5. The number of aliphatic carboxylic acids is 3. The molecule has 0 spiro atoms. The molecule has 1 heterocycles. The molecule has 0 radical (unpaired) electrons. The third-order valence-corrected chi connectivity index (χ3v) is 20.9. The molecule has 4 aliphatic carbocycles. The second-order valence-corrected chi connectivity index (χ2v) is 27.1. The van der Waals surface area contributed by atoms with Gasteiger partial charge in [0.1, 0.15) is 0 Å². The Hall–Kier alpha value is -3.37. The van der Waals surface area contributed by atoms with Crippen molar-refractivity contribution in [3.05, 3.63) is 0 Å². The number of fused-ring (bicyclic) bond motifs is 5. The molecule has 522 valence electrons. The van der Waals surface area contributed by atoms with E-state index in [9.17, 15) is 39.3 Å². The van der Waals surface area contributed by atoms with E-state index in [-0.39, 0.29) is 80.4 Å². The molecule has 11 atom stereocenters. The van der Waals surface area contributed by atoms with Crippen molar-refractivity contribution in [2.45, 2.75) is 162 Å². The lowest BCUT2D eigenvalue weighted by molar-refractivity contribution is -0.227. The molecule has 0 bridgehead atoms. The van der Waals surface area contributed by atoms with Crippen LogP contribution in [0.25, 0.3) is 0 Å². The molecular formula is C66H124N10O14. The zero-order valence-corrected chi connectivity index (χ0v) is 56.0. The van der Waals surface area contributed by atoms with Crippen molar-refractivity contribution in [1.82, 2.24) is 35.1 Å². The van der Waals surface area contributed by atoms with Crippen molar-refractivity contribution in [2.24, 2.45) is 63.5 Å². The summed E-state index contributed by atoms with van der Waals surface area (Å²) in [6.07, 6.45) is 20.1. The smallest absolute Gasteiger partial charge is 0.317 e. The molecule has 24 nitrogen and oxygen atoms in total. The van der Waals surface area contributed by atoms with Gasteiger partial charge in [-0.05, 0) is 144 Å². The second-order valence-electron chi connectivity index (χ2n) is 27.1. The summed E-state index contributed by atoms with van der Waals surface area (Å²) in [5.74, 6) is -0.299. The average molecular weight is 1280 g/mol. The molecule has 1 aliphatic heterocycles. The molecule has 0 aromatic rings. The van der Waals surface area contributed by atoms with E-state index >= 15 is 0 Å². The van der Waals surface area contributed by atoms with Crippen LogP contribution < -0.4 is 27.8 Å². The third kappa shape index (κ3) is 26.1. The van der Waals surface area contributed by atoms with Crippen molar-refractivity contribution < 1.29 is 67.7 Å². The fraction of sp³-hybridized carbons (Fsp3) is 0.924. The Balaban J connectivity index is 1.04. The maximum Gasteiger partial charge on any atom is 0.317 e. The van der Waals surface area contributed by atoms with Gasteiger partial charge in [-0.25, -0.2) is 4.79 Å². The molecule has 11 N–H and O–H groups in total. The van der Waals surface area contributed by atoms with Gasteiger partial charge in [0.2, 0.25) is 5.91 Å². The van der Waals surface area contributed by atoms with Crippen molar-refractivity contribution in [2.75, 3.05) is 184 Å². The SMILES string of the molecule is CCCCCCCCN(CCC[C@@H](C)[C@H]1CC[C@H]2C3[C@H](OCCCN)C[C@H]4C[C@H](OCCCN)CC[C@]4(C)[C@H]3C[C@H](OCCCN)[C@]12C)C(=O)NCCOCCOCCOCCNC(=O)CN1CCN(CC(=O)O)CCN(CC(=O)O)CCN(CC(=O)O)CC1. The van der Waals surface area contributed by atoms with E-state index in [2.05, 4.69) is 38.3 Å². The monoisotopic (exact) mass is 1280 g/mol. The van der Waals surface area contributed by atoms with Crippen LogP contribution in [0.15, 0.2) is 0 Å². The molecule has 0 aromatic heterocycles. The molecule has 4 saturated carbocycles. The highest BCUT2D eigenvalue weighted by molar-refractivity contribution is 5.78. The Bertz CT molecular complexity index is 2010. The number of hydrogen-bond acceptors (Lipinski definition) is 18. The number of rotatable bonds is 44. The first-order chi connectivity index (χ1) is 43.5. The lowest BCUT2D eigenvalue weighted by atomic mass is 9.43. The highest BCUT2D eigenvalue weighted by Gasteiger charge is 2.66. The van der Waals surface area contributed by atoms with E-state index < -0.39 is 17.9 Å². The maximum atomic E-state index is 13.9. The number of carbonyl (C=O) groups is 5. The van der Waals surface area contributed by atoms with Crippen LogP contribution >= 0.6 is 0 Å². The molecule has 0 aromatic carbocycles. The first-order valence-electron chi connectivity index (χ1n) is 35.0. The summed E-state index contributed by atoms with van der Waals surface area (Å²) in [6.45, 7) is 19.9. The highest BCUT2D eigenvalue weighted by Crippen LogP contribution is 2.69. The summed E-state index contributed by atoms with van der Waals surface area (Å²) < 4.78 is 37.8. The van der Waals surface area contributed by atoms with Gasteiger partial charge in [0.05, 0.1) is 84.1 Å². The number of urea groups is 1. The van der Waals surface area contributed by atoms with Gasteiger partial charge in [0.25, 0.3) is 0 Å². The fourth-order valence-corrected chi connectivity index (χ4v) is 16.0. The van der Waals surface area contributed by atoms with E-state index in [4.69, 9.17) is 45.6 Å². The minimum absolute atomic E-state index is 0.000201. The maximum absolute atomic E-state index is 13.9. The first-order valence-corrected chi connectivity index (χ1v) is 35.0. The summed E-state index contributed by atoms with van der Waals surface area (Å²) >= 11 is 0. The molecule has 5 aliphatic rings. The standard InChI is InChI=1S/C66H124N10O14/c1-5-6-7-8-9-10-25-76(26-11-15-51(2)54-16-17-55-63-56(46-58(66(54,55)4)90-37-14-22-69)65(3)19-18-53(88-35-12-20-67)44-52(65)45-57(63)89-36-13-21-68)64(84)71-24-39-86-41-43-87-42-40-85-38-23-70-59(77)47-72-27-29-73(48-60(78)79)31-33-75(50-62(82)83)34-32-74(30-28-72)49-61(80)81/h51-58,63H,5-50,67-69H2,1-4H3,(H,70,77)(H,71,84)(H,78,79)(H,80,81)(H,82,83)/t51-,52-,53-,54-,55+,56+,57-,58+,63?,65+,66-/m1/s1. The summed E-state index contributed by atoms with van der Waals surface area (Å²) in [7, 11) is 0. The Labute approximate surface area is 539 Å². The average Bonchev–Trinajstić information content (AvgIpc) is 1.31. The Morgan fingerprint density at radius 3 is 1.61 bits per heavy atom. The number of nitrogens with one attached hydrogen (secondary N) is 2. The molecule has 1 saturated heterocycles. The van der Waals surface area contributed by atoms with E-state index in [1.54, 1.807) is 14.7 Å². The molecule has 24 heteroatoms. The fourth-order valence-electron chi connectivity index (χ4n) is 16.0. The molecular weight excluding hydrogens is 1160 g/mol. The quantitative estimate of drug-likeness (QED) is 0.0390. The Morgan fingerprint density at radius 2 is 1.06 bits per heavy atom. The highest BCUT2D eigenvalue weighted by atomic mass is 16.5. The number of carboxylic acid groups (broad SMARTS) is 3. The number of amides is 3. The molecule has 5 rings (SSSR count). The minimum atomic E-state index is -1.02. The second kappa shape index (κ2) is 42.9. The summed E-state index contributed by atoms with van der Waals surface area (Å²) in [6, 6.07) is -0.0405. The number of hydrogen-bond donors (Lipinski definition) is 8. The van der Waals surface area contributed by atoms with E-state index in [1.807, 2.05) is 9.80 Å². The van der Waals surface area contributed by atoms with Crippen LogP contribution in [0.1, 0.15) is 143 Å². The zero-order valence-electron chi connectivity index (χ0n) is 56.0. The number of nitrogens with zero attached hydrogens (tertiary/aromatic N) is 5. The Kier molecular flexibility index (Phi) is 36.8. The van der Waals surface area contributed by atoms with Gasteiger partial charge < -0.3 is 76.5 Å². The van der Waals surface area contributed by atoms with Gasteiger partial charge in [-0.3, -0.25) is 38.8 Å². The van der Waals surface area contributed by atoms with Gasteiger partial charge in [-0.1, -0.05) is 59.8 Å². The molecule has 5 fully saturated rings. The molecule has 90 heavy (non-hydrogen) atoms. The van der Waals surface area contributed by atoms with Crippen molar-refractivity contribution in [3.8, 4) is 0 Å². The lowest BCUT2D eigenvalue weighted by Gasteiger charge is -2.65. The van der Waals surface area contributed by atoms with Crippen LogP contribution in [0.5, 0.6) is 0 Å². The summed E-state index contributed by atoms with van der Waals surface area (Å²) in [5, 5.41) is 34.5. The summed E-state index contributed by atoms with van der Waals surface area (Å²) in [5.41, 5.74) is 18.2. The molecule has 3 amide bonds. The van der Waals surface area contributed by atoms with E-state index in [0.29, 0.717) is 167 Å². The van der Waals surface area contributed by atoms with Crippen molar-refractivity contribution in [3.63, 3.8) is 0 Å². The number of carboxylic acids is 3. The first kappa shape index (κ1) is 77.3. The van der Waals surface area contributed by atoms with Crippen LogP contribution in [0.2, 0.25) is 0 Å². The largest absolute Gasteiger partial charge is 0.480 e. The van der Waals surface area contributed by atoms with Gasteiger partial charge in [-0.15, -0.1) is 0 Å². The minimum Gasteiger partial charge on any atom is -0.480 e. The van der Waals surface area contributed by atoms with Crippen LogP contribution in [-0.4, -0.2) is 272 Å². The van der Waals surface area contributed by atoms with Gasteiger partial charge in [0.15, 0.2) is 0 Å². The Morgan fingerprint density at radius 1 is 0.556 bits per heavy atom. The van der Waals surface area contributed by atoms with Crippen LogP contribution in [0, 0.1) is 46.3 Å². The lowest BCUT2D eigenvalue weighted by Crippen LogP contribution is -2.63. The predicted octanol–water partition coefficient (Wildman–Crippen LogP) is 4.50. The number of nitrogens with two attached hydrogens (primary N) is 3. The van der Waals surface area contributed by atoms with Crippen molar-refractivity contribution in [1.29, 1.82) is 0 Å². The number of carbonyl (C=O) groups excluding carboxylic acids is 2.